The Bertz CT molecular complexity index is 543. The number of hydrogen-bond acceptors (Lipinski definition) is 3. The Morgan fingerprint density at radius 3 is 2.88 bits per heavy atom. The smallest absolute Gasteiger partial charge is 0.312 e. The van der Waals surface area contributed by atoms with Crippen LogP contribution in [0.1, 0.15) is 25.1 Å². The Kier molecular flexibility index (Phi) is 3.13. The number of esters is 1. The summed E-state index contributed by atoms with van der Waals surface area (Å²) in [5.41, 5.74) is 2.75. The van der Waals surface area contributed by atoms with Crippen LogP contribution < -0.4 is 0 Å². The van der Waals surface area contributed by atoms with Crippen molar-refractivity contribution in [3.05, 3.63) is 35.8 Å². The molecule has 0 bridgehead atoms. The molecule has 4 nitrogen and oxygen atoms in total. The summed E-state index contributed by atoms with van der Waals surface area (Å²) in [5, 5.41) is 0. The highest BCUT2D eigenvalue weighted by Gasteiger charge is 2.10. The van der Waals surface area contributed by atoms with Crippen molar-refractivity contribution < 1.29 is 9.53 Å². The molecule has 0 aromatic carbocycles. The Balaban J connectivity index is 2.17. The number of fused-ring (bicyclic) bond motifs is 1. The molecular formula is C13H16N2O2. The van der Waals surface area contributed by atoms with Gasteiger partial charge in [-0.1, -0.05) is 6.07 Å². The number of aryl methyl sites for hydroxylation is 1. The summed E-state index contributed by atoms with van der Waals surface area (Å²) in [4.78, 5) is 15.9. The molecule has 0 unspecified atom stereocenters. The highest BCUT2D eigenvalue weighted by atomic mass is 16.5. The highest BCUT2D eigenvalue weighted by molar-refractivity contribution is 5.72. The summed E-state index contributed by atoms with van der Waals surface area (Å²) in [6.45, 7) is 5.70. The number of carbonyl (C=O) groups is 1. The fourth-order valence-corrected chi connectivity index (χ4v) is 1.69. The molecule has 0 spiro atoms. The summed E-state index contributed by atoms with van der Waals surface area (Å²) >= 11 is 0. The molecule has 0 atom stereocenters. The molecule has 2 aromatic heterocycles. The van der Waals surface area contributed by atoms with Crippen LogP contribution in [0.3, 0.4) is 0 Å². The van der Waals surface area contributed by atoms with Crippen LogP contribution in [0.15, 0.2) is 24.5 Å². The number of nitrogens with zero attached hydrogens (tertiary/aromatic N) is 2. The van der Waals surface area contributed by atoms with Crippen molar-refractivity contribution in [3.63, 3.8) is 0 Å². The van der Waals surface area contributed by atoms with E-state index in [0.29, 0.717) is 0 Å². The number of pyridine rings is 1. The molecule has 90 valence electrons. The number of ether oxygens (including phenoxy) is 1. The molecule has 0 N–H and O–H groups in total. The normalized spacial score (nSPS) is 11.1. The third kappa shape index (κ3) is 2.84. The predicted molar refractivity (Wildman–Crippen MR) is 64.9 cm³/mol. The van der Waals surface area contributed by atoms with Gasteiger partial charge in [0, 0.05) is 12.4 Å². The summed E-state index contributed by atoms with van der Waals surface area (Å²) < 4.78 is 7.01. The first kappa shape index (κ1) is 11.6. The number of carbonyl (C=O) groups excluding carboxylic acids is 1. The topological polar surface area (TPSA) is 43.6 Å². The SMILES string of the molecule is Cc1ccc2nc(CC(=O)OC(C)C)cn2c1. The van der Waals surface area contributed by atoms with Gasteiger partial charge in [-0.05, 0) is 32.4 Å². The number of aromatic nitrogens is 2. The van der Waals surface area contributed by atoms with Crippen molar-refractivity contribution in [3.8, 4) is 0 Å². The fourth-order valence-electron chi connectivity index (χ4n) is 1.69. The first-order valence-corrected chi connectivity index (χ1v) is 5.68. The maximum absolute atomic E-state index is 11.5. The average molecular weight is 232 g/mol. The van der Waals surface area contributed by atoms with Crippen LogP contribution in [0, 0.1) is 6.92 Å². The van der Waals surface area contributed by atoms with Gasteiger partial charge in [0.1, 0.15) is 5.65 Å². The molecule has 0 aliphatic heterocycles. The maximum Gasteiger partial charge on any atom is 0.312 e. The monoisotopic (exact) mass is 232 g/mol. The molecule has 4 heteroatoms. The van der Waals surface area contributed by atoms with Gasteiger partial charge in [0.15, 0.2) is 0 Å². The lowest BCUT2D eigenvalue weighted by atomic mass is 10.3. The Hall–Kier alpha value is -1.84. The molecule has 0 fully saturated rings. The van der Waals surface area contributed by atoms with Gasteiger partial charge in [-0.25, -0.2) is 4.98 Å². The van der Waals surface area contributed by atoms with Crippen LogP contribution >= 0.6 is 0 Å². The molecule has 0 aliphatic carbocycles. The fraction of sp³-hybridized carbons (Fsp3) is 0.385. The zero-order valence-corrected chi connectivity index (χ0v) is 10.3. The third-order valence-electron chi connectivity index (χ3n) is 2.34. The van der Waals surface area contributed by atoms with Gasteiger partial charge in [0.2, 0.25) is 0 Å². The molecule has 0 saturated heterocycles. The molecule has 0 amide bonds. The van der Waals surface area contributed by atoms with Gasteiger partial charge in [0.05, 0.1) is 18.2 Å². The van der Waals surface area contributed by atoms with Crippen molar-refractivity contribution in [1.82, 2.24) is 9.38 Å². The first-order chi connectivity index (χ1) is 8.04. The molecule has 0 radical (unpaired) electrons. The summed E-state index contributed by atoms with van der Waals surface area (Å²) in [7, 11) is 0. The van der Waals surface area contributed by atoms with Gasteiger partial charge >= 0.3 is 5.97 Å². The number of imidazole rings is 1. The van der Waals surface area contributed by atoms with Crippen molar-refractivity contribution in [2.24, 2.45) is 0 Å². The van der Waals surface area contributed by atoms with Crippen LogP contribution in [0.5, 0.6) is 0 Å². The van der Waals surface area contributed by atoms with E-state index in [1.165, 1.54) is 0 Å². The molecule has 0 saturated carbocycles. The molecule has 2 rings (SSSR count). The second kappa shape index (κ2) is 4.57. The summed E-state index contributed by atoms with van der Waals surface area (Å²) in [6, 6.07) is 3.94. The van der Waals surface area contributed by atoms with Crippen LogP contribution in [-0.4, -0.2) is 21.5 Å². The lowest BCUT2D eigenvalue weighted by molar-refractivity contribution is -0.146. The molecule has 2 heterocycles. The summed E-state index contributed by atoms with van der Waals surface area (Å²) in [6.07, 6.45) is 3.99. The second-order valence-corrected chi connectivity index (χ2v) is 4.42. The van der Waals surface area contributed by atoms with E-state index in [-0.39, 0.29) is 18.5 Å². The van der Waals surface area contributed by atoms with Gasteiger partial charge in [-0.3, -0.25) is 4.79 Å². The Morgan fingerprint density at radius 1 is 1.41 bits per heavy atom. The average Bonchev–Trinajstić information content (AvgIpc) is 2.57. The van der Waals surface area contributed by atoms with E-state index in [9.17, 15) is 4.79 Å². The van der Waals surface area contributed by atoms with Gasteiger partial charge in [0.25, 0.3) is 0 Å². The molecule has 0 aliphatic rings. The van der Waals surface area contributed by atoms with Crippen LogP contribution in [0.4, 0.5) is 0 Å². The maximum atomic E-state index is 11.5. The second-order valence-electron chi connectivity index (χ2n) is 4.42. The Morgan fingerprint density at radius 2 is 2.18 bits per heavy atom. The largest absolute Gasteiger partial charge is 0.463 e. The summed E-state index contributed by atoms with van der Waals surface area (Å²) in [5.74, 6) is -0.236. The van der Waals surface area contributed by atoms with E-state index < -0.39 is 0 Å². The van der Waals surface area contributed by atoms with Gasteiger partial charge in [-0.2, -0.15) is 0 Å². The molecule has 2 aromatic rings. The highest BCUT2D eigenvalue weighted by Crippen LogP contribution is 2.08. The van der Waals surface area contributed by atoms with Crippen molar-refractivity contribution in [2.75, 3.05) is 0 Å². The van der Waals surface area contributed by atoms with E-state index in [4.69, 9.17) is 4.74 Å². The molecule has 17 heavy (non-hydrogen) atoms. The lowest BCUT2D eigenvalue weighted by Gasteiger charge is -2.05. The van der Waals surface area contributed by atoms with Gasteiger partial charge in [-0.15, -0.1) is 0 Å². The Labute approximate surface area is 100 Å². The van der Waals surface area contributed by atoms with Crippen molar-refractivity contribution in [2.45, 2.75) is 33.3 Å². The van der Waals surface area contributed by atoms with Crippen molar-refractivity contribution >= 4 is 11.6 Å². The third-order valence-corrected chi connectivity index (χ3v) is 2.34. The molecular weight excluding hydrogens is 216 g/mol. The van der Waals surface area contributed by atoms with E-state index >= 15 is 0 Å². The zero-order valence-electron chi connectivity index (χ0n) is 10.3. The first-order valence-electron chi connectivity index (χ1n) is 5.68. The minimum absolute atomic E-state index is 0.0817. The van der Waals surface area contributed by atoms with Crippen LogP contribution in [0.25, 0.3) is 5.65 Å². The van der Waals surface area contributed by atoms with Crippen LogP contribution in [0.2, 0.25) is 0 Å². The van der Waals surface area contributed by atoms with E-state index in [1.54, 1.807) is 0 Å². The van der Waals surface area contributed by atoms with E-state index in [1.807, 2.05) is 49.7 Å². The van der Waals surface area contributed by atoms with E-state index in [2.05, 4.69) is 4.98 Å². The standard InChI is InChI=1S/C13H16N2O2/c1-9(2)17-13(16)6-11-8-15-7-10(3)4-5-12(15)14-11/h4-5,7-9H,6H2,1-3H3. The minimum atomic E-state index is -0.236. The zero-order chi connectivity index (χ0) is 12.4. The number of hydrogen-bond donors (Lipinski definition) is 0. The lowest BCUT2D eigenvalue weighted by Crippen LogP contribution is -2.13. The van der Waals surface area contributed by atoms with Crippen molar-refractivity contribution in [1.29, 1.82) is 0 Å². The van der Waals surface area contributed by atoms with Gasteiger partial charge < -0.3 is 9.14 Å². The quantitative estimate of drug-likeness (QED) is 0.761. The number of rotatable bonds is 3. The van der Waals surface area contributed by atoms with E-state index in [0.717, 1.165) is 16.9 Å². The predicted octanol–water partition coefficient (Wildman–Crippen LogP) is 2.14. The van der Waals surface area contributed by atoms with Crippen LogP contribution in [-0.2, 0) is 16.0 Å². The minimum Gasteiger partial charge on any atom is -0.463 e.